The maximum atomic E-state index is 13.1. The summed E-state index contributed by atoms with van der Waals surface area (Å²) in [7, 11) is -1.33. The lowest BCUT2D eigenvalue weighted by atomic mass is 9.77. The summed E-state index contributed by atoms with van der Waals surface area (Å²) in [6.07, 6.45) is 1.99. The van der Waals surface area contributed by atoms with Crippen LogP contribution in [0.15, 0.2) is 0 Å². The van der Waals surface area contributed by atoms with Crippen LogP contribution in [-0.2, 0) is 19.1 Å². The number of hydrogen-bond donors (Lipinski definition) is 4. The Bertz CT molecular complexity index is 538. The van der Waals surface area contributed by atoms with Gasteiger partial charge in [-0.1, -0.05) is 12.8 Å². The van der Waals surface area contributed by atoms with Crippen molar-refractivity contribution in [2.45, 2.75) is 77.6 Å². The molecule has 154 valence electrons. The van der Waals surface area contributed by atoms with Gasteiger partial charge in [0, 0.05) is 25.4 Å². The summed E-state index contributed by atoms with van der Waals surface area (Å²) in [5, 5.41) is 24.8. The van der Waals surface area contributed by atoms with Crippen molar-refractivity contribution in [1.29, 1.82) is 0 Å². The van der Waals surface area contributed by atoms with Crippen LogP contribution in [0.1, 0.15) is 53.4 Å². The number of unbranched alkanes of at least 4 members (excludes halogenated alkanes) is 1. The molecule has 4 atom stereocenters. The van der Waals surface area contributed by atoms with Crippen LogP contribution in [0.25, 0.3) is 0 Å². The highest BCUT2D eigenvalue weighted by atomic mass is 16.7. The highest BCUT2D eigenvalue weighted by Crippen LogP contribution is 2.38. The Morgan fingerprint density at radius 2 is 1.96 bits per heavy atom. The zero-order valence-corrected chi connectivity index (χ0v) is 16.8. The Hall–Kier alpha value is -1.16. The van der Waals surface area contributed by atoms with Gasteiger partial charge in [-0.05, 0) is 46.5 Å². The molecule has 0 spiro atoms. The summed E-state index contributed by atoms with van der Waals surface area (Å²) in [5.41, 5.74) is -1.51. The number of rotatable bonds is 8. The zero-order chi connectivity index (χ0) is 20.2. The maximum absolute atomic E-state index is 13.1. The van der Waals surface area contributed by atoms with Gasteiger partial charge in [-0.15, -0.1) is 0 Å². The fraction of sp³-hybridized carbons (Fsp3) is 0.889. The second-order valence-electron chi connectivity index (χ2n) is 8.66. The van der Waals surface area contributed by atoms with Crippen LogP contribution in [0, 0.1) is 11.3 Å². The van der Waals surface area contributed by atoms with E-state index in [9.17, 15) is 9.59 Å². The first-order chi connectivity index (χ1) is 12.6. The van der Waals surface area contributed by atoms with Crippen molar-refractivity contribution in [3.05, 3.63) is 0 Å². The number of fused-ring (bicyclic) bond motifs is 1. The molecule has 1 unspecified atom stereocenters. The quantitative estimate of drug-likeness (QED) is 0.206. The number of carbonyl (C=O) groups excluding carboxylic acids is 2. The summed E-state index contributed by atoms with van der Waals surface area (Å²) >= 11 is 0. The molecule has 0 radical (unpaired) electrons. The van der Waals surface area contributed by atoms with Crippen LogP contribution in [0.3, 0.4) is 0 Å². The smallest absolute Gasteiger partial charge is 0.427 e. The van der Waals surface area contributed by atoms with E-state index in [1.54, 1.807) is 27.7 Å². The molecule has 9 heteroatoms. The van der Waals surface area contributed by atoms with Gasteiger partial charge in [0.05, 0.1) is 5.41 Å². The van der Waals surface area contributed by atoms with Crippen molar-refractivity contribution in [2.75, 3.05) is 13.1 Å². The number of carbonyl (C=O) groups is 2. The highest BCUT2D eigenvalue weighted by Gasteiger charge is 2.55. The van der Waals surface area contributed by atoms with Crippen LogP contribution in [0.5, 0.6) is 0 Å². The molecule has 0 bridgehead atoms. The number of nitrogens with one attached hydrogen (secondary N) is 2. The van der Waals surface area contributed by atoms with Gasteiger partial charge in [0.25, 0.3) is 0 Å². The molecule has 0 aromatic rings. The molecule has 2 aliphatic rings. The summed E-state index contributed by atoms with van der Waals surface area (Å²) < 4.78 is 10.8. The summed E-state index contributed by atoms with van der Waals surface area (Å²) in [6.45, 7) is 8.32. The molecule has 0 aliphatic carbocycles. The van der Waals surface area contributed by atoms with E-state index >= 15 is 0 Å². The van der Waals surface area contributed by atoms with Crippen LogP contribution in [0.2, 0.25) is 6.32 Å². The Labute approximate surface area is 161 Å². The molecule has 0 amide bonds. The number of hydrogen-bond acceptors (Lipinski definition) is 8. The van der Waals surface area contributed by atoms with Gasteiger partial charge in [-0.3, -0.25) is 4.79 Å². The van der Waals surface area contributed by atoms with Crippen molar-refractivity contribution in [1.82, 2.24) is 10.6 Å². The van der Waals surface area contributed by atoms with E-state index in [0.29, 0.717) is 25.8 Å². The Balaban J connectivity index is 2.02. The van der Waals surface area contributed by atoms with E-state index < -0.39 is 36.3 Å². The predicted molar refractivity (Wildman–Crippen MR) is 101 cm³/mol. The lowest BCUT2D eigenvalue weighted by Crippen LogP contribution is -2.54. The van der Waals surface area contributed by atoms with Gasteiger partial charge in [-0.25, -0.2) is 4.79 Å². The molecule has 0 saturated carbocycles. The largest absolute Gasteiger partial charge is 0.451 e. The van der Waals surface area contributed by atoms with Crippen molar-refractivity contribution in [3.8, 4) is 0 Å². The van der Waals surface area contributed by atoms with Gasteiger partial charge < -0.3 is 30.2 Å². The third kappa shape index (κ3) is 5.43. The lowest BCUT2D eigenvalue weighted by molar-refractivity contribution is -0.195. The number of esters is 2. The SMILES string of the molecule is CC(OC(=O)C(C)(C)C)OC(=O)[C@]1(CCCCB(O)O)NC[C@@H]2NCC[C@@H]21. The fourth-order valence-electron chi connectivity index (χ4n) is 3.93. The molecule has 2 aliphatic heterocycles. The van der Waals surface area contributed by atoms with Gasteiger partial charge in [0.2, 0.25) is 6.29 Å². The van der Waals surface area contributed by atoms with Gasteiger partial charge in [0.1, 0.15) is 5.54 Å². The molecular weight excluding hydrogens is 351 g/mol. The van der Waals surface area contributed by atoms with E-state index in [2.05, 4.69) is 10.6 Å². The molecule has 2 fully saturated rings. The first kappa shape index (κ1) is 22.1. The molecule has 4 N–H and O–H groups in total. The van der Waals surface area contributed by atoms with Crippen molar-refractivity contribution < 1.29 is 29.1 Å². The fourth-order valence-corrected chi connectivity index (χ4v) is 3.93. The normalized spacial score (nSPS) is 28.5. The summed E-state index contributed by atoms with van der Waals surface area (Å²) in [5.74, 6) is -0.722. The summed E-state index contributed by atoms with van der Waals surface area (Å²) in [4.78, 5) is 25.1. The summed E-state index contributed by atoms with van der Waals surface area (Å²) in [6, 6.07) is 0.216. The van der Waals surface area contributed by atoms with Crippen LogP contribution in [0.4, 0.5) is 0 Å². The minimum Gasteiger partial charge on any atom is -0.427 e. The van der Waals surface area contributed by atoms with Gasteiger partial charge in [-0.2, -0.15) is 0 Å². The van der Waals surface area contributed by atoms with E-state index in [0.717, 1.165) is 13.0 Å². The van der Waals surface area contributed by atoms with Crippen molar-refractivity contribution in [3.63, 3.8) is 0 Å². The van der Waals surface area contributed by atoms with Crippen LogP contribution < -0.4 is 10.6 Å². The van der Waals surface area contributed by atoms with Gasteiger partial charge in [0.15, 0.2) is 0 Å². The van der Waals surface area contributed by atoms with Crippen LogP contribution >= 0.6 is 0 Å². The average Bonchev–Trinajstić information content (AvgIpc) is 3.13. The van der Waals surface area contributed by atoms with Crippen LogP contribution in [-0.4, -0.2) is 60.1 Å². The maximum Gasteiger partial charge on any atom is 0.451 e. The zero-order valence-electron chi connectivity index (χ0n) is 16.8. The molecule has 8 nitrogen and oxygen atoms in total. The molecule has 0 aromatic carbocycles. The highest BCUT2D eigenvalue weighted by molar-refractivity contribution is 6.40. The van der Waals surface area contributed by atoms with Crippen molar-refractivity contribution >= 4 is 19.1 Å². The molecule has 2 saturated heterocycles. The van der Waals surface area contributed by atoms with Crippen molar-refractivity contribution in [2.24, 2.45) is 11.3 Å². The standard InChI is InChI=1S/C18H33BN2O6/c1-12(26-15(22)17(2,3)4)27-16(23)18(8-5-6-9-19(24)25)13-7-10-20-14(13)11-21-18/h12-14,20-21,24-25H,5-11H2,1-4H3/t12?,13-,14-,18+/m0/s1. The molecule has 2 heterocycles. The second kappa shape index (κ2) is 8.90. The molecular formula is C18H33BN2O6. The minimum absolute atomic E-state index is 0.106. The average molecular weight is 384 g/mol. The monoisotopic (exact) mass is 384 g/mol. The number of ether oxygens (including phenoxy) is 2. The first-order valence-electron chi connectivity index (χ1n) is 9.83. The Morgan fingerprint density at radius 1 is 1.26 bits per heavy atom. The van der Waals surface area contributed by atoms with E-state index in [-0.39, 0.29) is 18.3 Å². The topological polar surface area (TPSA) is 117 Å². The molecule has 27 heavy (non-hydrogen) atoms. The predicted octanol–water partition coefficient (Wildman–Crippen LogP) is 0.428. The first-order valence-corrected chi connectivity index (χ1v) is 9.83. The Morgan fingerprint density at radius 3 is 2.59 bits per heavy atom. The third-order valence-electron chi connectivity index (χ3n) is 5.42. The molecule has 2 rings (SSSR count). The minimum atomic E-state index is -1.33. The van der Waals surface area contributed by atoms with E-state index in [1.165, 1.54) is 0 Å². The van der Waals surface area contributed by atoms with E-state index in [4.69, 9.17) is 19.5 Å². The Kier molecular flexibility index (Phi) is 7.30. The molecule has 0 aromatic heterocycles. The van der Waals surface area contributed by atoms with E-state index in [1.807, 2.05) is 0 Å². The second-order valence-corrected chi connectivity index (χ2v) is 8.66. The third-order valence-corrected chi connectivity index (χ3v) is 5.42. The lowest BCUT2D eigenvalue weighted by Gasteiger charge is -2.34. The van der Waals surface area contributed by atoms with Gasteiger partial charge >= 0.3 is 19.1 Å².